The summed E-state index contributed by atoms with van der Waals surface area (Å²) in [5.74, 6) is -1.71. The highest BCUT2D eigenvalue weighted by atomic mass is 32.2. The first-order valence-corrected chi connectivity index (χ1v) is 32.3. The largest absolute Gasteiger partial charge is 0.493 e. The SMILES string of the molecule is Cc1cc(N=Nc2cc(SCCCS(=O)(=O)O)c(N=Nc3cc(OCCCS(=O)(=O)O)c(N=Nc4c(C)c(C#N)c5nc6ccc(S(=O)(=O)O)c(C)c6n5c4O)cc3C)cc2C)c(SCCCS(=O)(=O)O)cc1N=Nc1ccccc1. The Kier molecular flexibility index (Phi) is 19.6. The molecule has 5 N–H and O–H groups in total. The van der Waals surface area contributed by atoms with Crippen LogP contribution in [-0.4, -0.2) is 102 Å². The van der Waals surface area contributed by atoms with Gasteiger partial charge in [0.15, 0.2) is 11.3 Å². The van der Waals surface area contributed by atoms with Gasteiger partial charge in [0.05, 0.1) is 73.9 Å². The Morgan fingerprint density at radius 3 is 1.58 bits per heavy atom. The minimum atomic E-state index is -4.72. The first-order valence-electron chi connectivity index (χ1n) is 24.1. The Balaban J connectivity index is 1.27. The quantitative estimate of drug-likeness (QED) is 0.0162. The molecule has 426 valence electrons. The summed E-state index contributed by atoms with van der Waals surface area (Å²) in [7, 11) is -17.6. The van der Waals surface area contributed by atoms with Crippen LogP contribution in [-0.2, 0) is 40.5 Å². The van der Waals surface area contributed by atoms with E-state index in [4.69, 9.17) is 4.74 Å². The Hall–Kier alpha value is -7.12. The van der Waals surface area contributed by atoms with Crippen molar-refractivity contribution in [2.45, 2.75) is 68.6 Å². The van der Waals surface area contributed by atoms with Gasteiger partial charge in [-0.3, -0.25) is 22.6 Å². The van der Waals surface area contributed by atoms with E-state index in [0.717, 1.165) is 10.5 Å². The van der Waals surface area contributed by atoms with Crippen molar-refractivity contribution >= 4 is 126 Å². The second kappa shape index (κ2) is 25.8. The van der Waals surface area contributed by atoms with E-state index >= 15 is 0 Å². The minimum absolute atomic E-state index is 0.0145. The predicted octanol–water partition coefficient (Wildman–Crippen LogP) is 12.9. The van der Waals surface area contributed by atoms with Gasteiger partial charge in [-0.25, -0.2) is 4.98 Å². The number of benzene rings is 5. The summed E-state index contributed by atoms with van der Waals surface area (Å²) >= 11 is 2.48. The molecule has 0 aliphatic rings. The van der Waals surface area contributed by atoms with Crippen molar-refractivity contribution in [3.05, 3.63) is 112 Å². The molecule has 0 atom stereocenters. The molecular weight excluding hydrogens is 1170 g/mol. The maximum atomic E-state index is 12.2. The molecule has 0 radical (unpaired) electrons. The lowest BCUT2D eigenvalue weighted by molar-refractivity contribution is 0.317. The van der Waals surface area contributed by atoms with Crippen molar-refractivity contribution in [2.24, 2.45) is 40.9 Å². The van der Waals surface area contributed by atoms with Crippen molar-refractivity contribution < 1.29 is 61.7 Å². The number of hydrogen-bond acceptors (Lipinski definition) is 22. The van der Waals surface area contributed by atoms with Gasteiger partial charge in [-0.05, 0) is 142 Å². The van der Waals surface area contributed by atoms with Crippen LogP contribution in [0.15, 0.2) is 134 Å². The highest BCUT2D eigenvalue weighted by Crippen LogP contribution is 2.44. The maximum Gasteiger partial charge on any atom is 0.294 e. The molecule has 0 amide bonds. The van der Waals surface area contributed by atoms with Gasteiger partial charge in [-0.1, -0.05) is 18.2 Å². The van der Waals surface area contributed by atoms with E-state index in [1.54, 1.807) is 50.2 Å². The van der Waals surface area contributed by atoms with Gasteiger partial charge in [-0.15, -0.1) is 44.0 Å². The molecule has 25 nitrogen and oxygen atoms in total. The van der Waals surface area contributed by atoms with Crippen molar-refractivity contribution in [3.8, 4) is 17.7 Å². The fraction of sp³-hybridized carbons (Fsp3) is 0.280. The van der Waals surface area contributed by atoms with Gasteiger partial charge in [0.2, 0.25) is 5.88 Å². The Morgan fingerprint density at radius 2 is 1.06 bits per heavy atom. The number of hydrogen-bond donors (Lipinski definition) is 5. The summed E-state index contributed by atoms with van der Waals surface area (Å²) in [6.07, 6.45) is 0.0273. The van der Waals surface area contributed by atoms with Crippen molar-refractivity contribution in [2.75, 3.05) is 35.4 Å². The van der Waals surface area contributed by atoms with E-state index in [1.807, 2.05) is 31.2 Å². The van der Waals surface area contributed by atoms with E-state index in [0.29, 0.717) is 60.7 Å². The molecule has 0 bridgehead atoms. The summed E-state index contributed by atoms with van der Waals surface area (Å²) in [4.78, 5) is 5.06. The zero-order valence-corrected chi connectivity index (χ0v) is 48.5. The van der Waals surface area contributed by atoms with Gasteiger partial charge in [0.1, 0.15) is 23.1 Å². The smallest absolute Gasteiger partial charge is 0.294 e. The molecule has 0 saturated heterocycles. The van der Waals surface area contributed by atoms with E-state index in [1.165, 1.54) is 55.6 Å². The van der Waals surface area contributed by atoms with Crippen LogP contribution < -0.4 is 4.74 Å². The highest BCUT2D eigenvalue weighted by molar-refractivity contribution is 7.99. The molecule has 0 aliphatic carbocycles. The number of pyridine rings is 1. The zero-order valence-electron chi connectivity index (χ0n) is 43.6. The second-order valence-electron chi connectivity index (χ2n) is 18.0. The third-order valence-corrected chi connectivity index (χ3v) is 17.5. The predicted molar refractivity (Wildman–Crippen MR) is 305 cm³/mol. The average Bonchev–Trinajstić information content (AvgIpc) is 3.79. The lowest BCUT2D eigenvalue weighted by Gasteiger charge is -2.12. The van der Waals surface area contributed by atoms with Crippen molar-refractivity contribution in [1.29, 1.82) is 5.26 Å². The summed E-state index contributed by atoms with van der Waals surface area (Å²) in [6, 6.07) is 23.4. The molecule has 2 heterocycles. The molecule has 0 saturated carbocycles. The molecule has 31 heteroatoms. The molecule has 0 fully saturated rings. The summed E-state index contributed by atoms with van der Waals surface area (Å²) in [5, 5.41) is 57.7. The Bertz CT molecular complexity index is 4230. The number of azo groups is 4. The number of thioether (sulfide) groups is 2. The van der Waals surface area contributed by atoms with E-state index in [2.05, 4.69) is 45.9 Å². The highest BCUT2D eigenvalue weighted by Gasteiger charge is 2.25. The number of nitriles is 1. The fourth-order valence-corrected chi connectivity index (χ4v) is 12.4. The first-order chi connectivity index (χ1) is 38.1. The molecule has 0 spiro atoms. The summed E-state index contributed by atoms with van der Waals surface area (Å²) < 4.78 is 139. The standard InChI is InChI=1S/C50H51N11O14S6/c1-29-22-40(57-60-47-32(4)35(28-51)49-52-36-14-15-46(81(72,73)74)33(5)48(36)61(49)50(47)62)43(75-16-9-19-78(63,64)65)25-37(29)55-58-41-24-31(3)39(27-45(41)77-18-11-21-80(69,70)71)56-59-42-23-30(2)38(54-53-34-12-7-6-8-13-34)26-44(42)76-17-10-20-79(66,67)68/h6-8,12-15,22-27,62H,9-11,16-21H2,1-5H3,(H,63,64,65)(H,66,67,68)(H,69,70,71)(H,72,73,74). The topological polar surface area (TPSA) is 387 Å². The van der Waals surface area contributed by atoms with Crippen LogP contribution in [0, 0.1) is 45.9 Å². The van der Waals surface area contributed by atoms with Crippen LogP contribution in [0.3, 0.4) is 0 Å². The Morgan fingerprint density at radius 1 is 0.580 bits per heavy atom. The molecule has 7 aromatic rings. The van der Waals surface area contributed by atoms with Crippen LogP contribution >= 0.6 is 23.5 Å². The summed E-state index contributed by atoms with van der Waals surface area (Å²) in [6.45, 7) is 7.84. The van der Waals surface area contributed by atoms with Gasteiger partial charge >= 0.3 is 0 Å². The van der Waals surface area contributed by atoms with Gasteiger partial charge in [0, 0.05) is 21.4 Å². The number of ether oxygens (including phenoxy) is 1. The molecule has 5 aromatic carbocycles. The normalized spacial score (nSPS) is 12.8. The maximum absolute atomic E-state index is 12.2. The number of rotatable bonds is 24. The summed E-state index contributed by atoms with van der Waals surface area (Å²) in [5.41, 5.74) is 4.34. The van der Waals surface area contributed by atoms with Crippen molar-refractivity contribution in [1.82, 2.24) is 9.38 Å². The van der Waals surface area contributed by atoms with E-state index in [-0.39, 0.29) is 87.8 Å². The molecule has 7 rings (SSSR count). The molecule has 2 aromatic heterocycles. The molecule has 0 aliphatic heterocycles. The van der Waals surface area contributed by atoms with Gasteiger partial charge in [-0.2, -0.15) is 59.4 Å². The zero-order chi connectivity index (χ0) is 59.0. The number of aryl methyl sites for hydroxylation is 4. The lowest BCUT2D eigenvalue weighted by atomic mass is 10.1. The number of nitrogens with zero attached hydrogens (tertiary/aromatic N) is 11. The first kappa shape index (κ1) is 61.5. The third-order valence-electron chi connectivity index (χ3n) is 11.9. The van der Waals surface area contributed by atoms with E-state index < -0.39 is 68.5 Å². The van der Waals surface area contributed by atoms with E-state index in [9.17, 15) is 62.3 Å². The lowest BCUT2D eigenvalue weighted by Crippen LogP contribution is -2.08. The minimum Gasteiger partial charge on any atom is -0.493 e. The third kappa shape index (κ3) is 16.3. The van der Waals surface area contributed by atoms with Crippen LogP contribution in [0.5, 0.6) is 11.6 Å². The van der Waals surface area contributed by atoms with Crippen molar-refractivity contribution in [3.63, 3.8) is 0 Å². The second-order valence-corrected chi connectivity index (χ2v) is 26.4. The van der Waals surface area contributed by atoms with Crippen LogP contribution in [0.1, 0.15) is 52.6 Å². The van der Waals surface area contributed by atoms with Crippen LogP contribution in [0.25, 0.3) is 16.7 Å². The molecule has 0 unspecified atom stereocenters. The average molecular weight is 1220 g/mol. The number of aromatic hydroxyl groups is 1. The van der Waals surface area contributed by atoms with Crippen LogP contribution in [0.4, 0.5) is 45.5 Å². The number of fused-ring (bicyclic) bond motifs is 3. The fourth-order valence-electron chi connectivity index (χ4n) is 7.86. The van der Waals surface area contributed by atoms with Crippen LogP contribution in [0.2, 0.25) is 0 Å². The van der Waals surface area contributed by atoms with Gasteiger partial charge in [0.25, 0.3) is 40.5 Å². The molecule has 81 heavy (non-hydrogen) atoms. The number of aromatic nitrogens is 2. The molecular formula is C50H51N11O14S6. The Labute approximate surface area is 474 Å². The monoisotopic (exact) mass is 1220 g/mol. The number of imidazole rings is 1. The van der Waals surface area contributed by atoms with Gasteiger partial charge < -0.3 is 9.84 Å².